The van der Waals surface area contributed by atoms with Crippen LogP contribution in [0.1, 0.15) is 11.5 Å². The van der Waals surface area contributed by atoms with E-state index in [0.29, 0.717) is 16.8 Å². The molecule has 0 spiro atoms. The molecule has 0 amide bonds. The Morgan fingerprint density at radius 3 is 2.63 bits per heavy atom. The molecule has 0 aliphatic carbocycles. The normalized spacial score (nSPS) is 10.9. The standard InChI is InChI=1S/C19H15FN4OS2/c1-12-16(22-17(25-12)13-5-3-2-4-6-13)11-26-19-24-23-18(27-19)21-15-9-7-14(20)8-10-15/h2-10H,11H2,1H3,(H,21,23). The van der Waals surface area contributed by atoms with E-state index in [0.717, 1.165) is 27.0 Å². The van der Waals surface area contributed by atoms with E-state index in [1.807, 2.05) is 37.3 Å². The molecule has 136 valence electrons. The smallest absolute Gasteiger partial charge is 0.226 e. The van der Waals surface area contributed by atoms with Gasteiger partial charge in [0.1, 0.15) is 11.6 Å². The Labute approximate surface area is 163 Å². The van der Waals surface area contributed by atoms with Crippen LogP contribution >= 0.6 is 23.1 Å². The second-order valence-electron chi connectivity index (χ2n) is 5.68. The molecular weight excluding hydrogens is 383 g/mol. The Balaban J connectivity index is 1.40. The minimum Gasteiger partial charge on any atom is -0.441 e. The first-order valence-corrected chi connectivity index (χ1v) is 9.98. The number of hydrogen-bond acceptors (Lipinski definition) is 7. The number of benzene rings is 2. The summed E-state index contributed by atoms with van der Waals surface area (Å²) in [6.07, 6.45) is 0. The molecule has 0 saturated heterocycles. The molecule has 2 aromatic carbocycles. The molecule has 2 aromatic heterocycles. The third kappa shape index (κ3) is 4.35. The molecule has 2 heterocycles. The summed E-state index contributed by atoms with van der Waals surface area (Å²) in [7, 11) is 0. The molecule has 0 unspecified atom stereocenters. The number of aromatic nitrogens is 3. The number of oxazole rings is 1. The molecule has 0 aliphatic heterocycles. The van der Waals surface area contributed by atoms with E-state index in [1.165, 1.54) is 23.5 Å². The Kier molecular flexibility index (Phi) is 5.17. The van der Waals surface area contributed by atoms with Gasteiger partial charge in [-0.2, -0.15) is 0 Å². The van der Waals surface area contributed by atoms with E-state index < -0.39 is 0 Å². The lowest BCUT2D eigenvalue weighted by molar-refractivity contribution is 0.540. The van der Waals surface area contributed by atoms with E-state index in [2.05, 4.69) is 20.5 Å². The van der Waals surface area contributed by atoms with E-state index in [-0.39, 0.29) is 5.82 Å². The van der Waals surface area contributed by atoms with Crippen molar-refractivity contribution >= 4 is 33.9 Å². The van der Waals surface area contributed by atoms with Crippen molar-refractivity contribution in [1.29, 1.82) is 0 Å². The first-order chi connectivity index (χ1) is 13.2. The van der Waals surface area contributed by atoms with Crippen molar-refractivity contribution in [3.63, 3.8) is 0 Å². The van der Waals surface area contributed by atoms with Crippen molar-refractivity contribution in [2.24, 2.45) is 0 Å². The van der Waals surface area contributed by atoms with E-state index in [1.54, 1.807) is 23.9 Å². The number of halogens is 1. The molecule has 0 radical (unpaired) electrons. The van der Waals surface area contributed by atoms with Crippen LogP contribution in [-0.2, 0) is 5.75 Å². The summed E-state index contributed by atoms with van der Waals surface area (Å²) < 4.78 is 19.6. The van der Waals surface area contributed by atoms with Crippen LogP contribution in [0.4, 0.5) is 15.2 Å². The fourth-order valence-electron chi connectivity index (χ4n) is 2.37. The third-order valence-corrected chi connectivity index (χ3v) is 5.73. The SMILES string of the molecule is Cc1oc(-c2ccccc2)nc1CSc1nnc(Nc2ccc(F)cc2)s1. The minimum absolute atomic E-state index is 0.271. The number of rotatable bonds is 6. The van der Waals surface area contributed by atoms with Gasteiger partial charge in [-0.25, -0.2) is 9.37 Å². The van der Waals surface area contributed by atoms with Gasteiger partial charge in [-0.1, -0.05) is 41.3 Å². The van der Waals surface area contributed by atoms with Crippen LogP contribution in [0.2, 0.25) is 0 Å². The first kappa shape index (κ1) is 17.7. The van der Waals surface area contributed by atoms with Crippen LogP contribution in [0.5, 0.6) is 0 Å². The van der Waals surface area contributed by atoms with Gasteiger partial charge in [0.2, 0.25) is 11.0 Å². The lowest BCUT2D eigenvalue weighted by Crippen LogP contribution is -1.89. The van der Waals surface area contributed by atoms with Gasteiger partial charge in [0.25, 0.3) is 0 Å². The maximum atomic E-state index is 13.0. The molecule has 0 aliphatic rings. The van der Waals surface area contributed by atoms with Crippen LogP contribution in [0, 0.1) is 12.7 Å². The highest BCUT2D eigenvalue weighted by Crippen LogP contribution is 2.31. The van der Waals surface area contributed by atoms with E-state index in [4.69, 9.17) is 4.42 Å². The van der Waals surface area contributed by atoms with Gasteiger partial charge in [0.05, 0.1) is 5.69 Å². The molecule has 4 aromatic rings. The third-order valence-electron chi connectivity index (χ3n) is 3.75. The molecule has 27 heavy (non-hydrogen) atoms. The summed E-state index contributed by atoms with van der Waals surface area (Å²) in [6, 6.07) is 15.9. The summed E-state index contributed by atoms with van der Waals surface area (Å²) in [5, 5.41) is 12.1. The van der Waals surface area contributed by atoms with E-state index >= 15 is 0 Å². The second kappa shape index (κ2) is 7.89. The van der Waals surface area contributed by atoms with Gasteiger partial charge in [-0.05, 0) is 43.3 Å². The van der Waals surface area contributed by atoms with Crippen molar-refractivity contribution in [2.75, 3.05) is 5.32 Å². The van der Waals surface area contributed by atoms with Crippen molar-refractivity contribution in [1.82, 2.24) is 15.2 Å². The van der Waals surface area contributed by atoms with Crippen molar-refractivity contribution < 1.29 is 8.81 Å². The predicted octanol–water partition coefficient (Wildman–Crippen LogP) is 5.68. The average molecular weight is 398 g/mol. The highest BCUT2D eigenvalue weighted by Gasteiger charge is 2.13. The number of nitrogens with zero attached hydrogens (tertiary/aromatic N) is 3. The lowest BCUT2D eigenvalue weighted by Gasteiger charge is -2.00. The average Bonchev–Trinajstić information content (AvgIpc) is 3.29. The van der Waals surface area contributed by atoms with Gasteiger partial charge in [0, 0.05) is 17.0 Å². The molecule has 0 fully saturated rings. The van der Waals surface area contributed by atoms with Gasteiger partial charge in [0.15, 0.2) is 4.34 Å². The molecule has 5 nitrogen and oxygen atoms in total. The Bertz CT molecular complexity index is 1030. The molecule has 0 saturated carbocycles. The summed E-state index contributed by atoms with van der Waals surface area (Å²) >= 11 is 2.99. The van der Waals surface area contributed by atoms with Gasteiger partial charge < -0.3 is 9.73 Å². The zero-order valence-corrected chi connectivity index (χ0v) is 16.0. The maximum absolute atomic E-state index is 13.0. The summed E-state index contributed by atoms with van der Waals surface area (Å²) in [5.41, 5.74) is 2.62. The molecule has 4 rings (SSSR count). The highest BCUT2D eigenvalue weighted by atomic mass is 32.2. The number of aryl methyl sites for hydroxylation is 1. The van der Waals surface area contributed by atoms with Crippen LogP contribution in [0.25, 0.3) is 11.5 Å². The number of thioether (sulfide) groups is 1. The first-order valence-electron chi connectivity index (χ1n) is 8.18. The highest BCUT2D eigenvalue weighted by molar-refractivity contribution is 8.00. The van der Waals surface area contributed by atoms with Gasteiger partial charge in [-0.3, -0.25) is 0 Å². The largest absolute Gasteiger partial charge is 0.441 e. The molecule has 1 N–H and O–H groups in total. The Morgan fingerprint density at radius 2 is 1.85 bits per heavy atom. The molecular formula is C19H15FN4OS2. The van der Waals surface area contributed by atoms with Crippen LogP contribution in [-0.4, -0.2) is 15.2 Å². The summed E-state index contributed by atoms with van der Waals surface area (Å²) in [4.78, 5) is 4.60. The zero-order valence-electron chi connectivity index (χ0n) is 14.3. The topological polar surface area (TPSA) is 63.8 Å². The minimum atomic E-state index is -0.271. The van der Waals surface area contributed by atoms with Gasteiger partial charge >= 0.3 is 0 Å². The zero-order chi connectivity index (χ0) is 18.6. The van der Waals surface area contributed by atoms with Crippen molar-refractivity contribution in [3.05, 3.63) is 71.9 Å². The monoisotopic (exact) mass is 398 g/mol. The quantitative estimate of drug-likeness (QED) is 0.422. The van der Waals surface area contributed by atoms with Crippen LogP contribution in [0.15, 0.2) is 63.4 Å². The van der Waals surface area contributed by atoms with Crippen molar-refractivity contribution in [2.45, 2.75) is 17.0 Å². The van der Waals surface area contributed by atoms with Crippen LogP contribution < -0.4 is 5.32 Å². The predicted molar refractivity (Wildman–Crippen MR) is 106 cm³/mol. The lowest BCUT2D eigenvalue weighted by atomic mass is 10.2. The molecule has 8 heteroatoms. The van der Waals surface area contributed by atoms with Crippen LogP contribution in [0.3, 0.4) is 0 Å². The number of hydrogen-bond donors (Lipinski definition) is 1. The van der Waals surface area contributed by atoms with E-state index in [9.17, 15) is 4.39 Å². The van der Waals surface area contributed by atoms with Crippen molar-refractivity contribution in [3.8, 4) is 11.5 Å². The van der Waals surface area contributed by atoms with Gasteiger partial charge in [-0.15, -0.1) is 10.2 Å². The summed E-state index contributed by atoms with van der Waals surface area (Å²) in [6.45, 7) is 1.91. The fourth-order valence-corrected chi connectivity index (χ4v) is 4.14. The Hall–Kier alpha value is -2.71. The maximum Gasteiger partial charge on any atom is 0.226 e. The second-order valence-corrected chi connectivity index (χ2v) is 7.88. The Morgan fingerprint density at radius 1 is 1.07 bits per heavy atom. The number of nitrogens with one attached hydrogen (secondary N) is 1. The summed E-state index contributed by atoms with van der Waals surface area (Å²) in [5.74, 6) is 1.80. The molecule has 0 atom stereocenters. The number of anilines is 2. The fraction of sp³-hybridized carbons (Fsp3) is 0.105. The molecule has 0 bridgehead atoms.